The lowest BCUT2D eigenvalue weighted by Gasteiger charge is -2.28. The van der Waals surface area contributed by atoms with Crippen molar-refractivity contribution in [3.8, 4) is 0 Å². The Hall–Kier alpha value is -1.12. The maximum atomic E-state index is 5.83. The van der Waals surface area contributed by atoms with E-state index in [1.165, 1.54) is 5.71 Å². The maximum absolute atomic E-state index is 5.83. The number of benzene rings is 1. The summed E-state index contributed by atoms with van der Waals surface area (Å²) >= 11 is 0. The number of anilines is 1. The second-order valence-corrected chi connectivity index (χ2v) is 14.8. The highest BCUT2D eigenvalue weighted by molar-refractivity contribution is 6.61. The number of nitrogens with one attached hydrogen (secondary N) is 1. The summed E-state index contributed by atoms with van der Waals surface area (Å²) < 4.78 is 33.5. The molecular weight excluding hydrogens is 504 g/mol. The molecule has 0 spiro atoms. The monoisotopic (exact) mass is 558 g/mol. The van der Waals surface area contributed by atoms with Crippen LogP contribution in [0.3, 0.4) is 0 Å². The lowest BCUT2D eigenvalue weighted by atomic mass is 10.1. The van der Waals surface area contributed by atoms with Gasteiger partial charge in [0.15, 0.2) is 0 Å². The van der Waals surface area contributed by atoms with Crippen molar-refractivity contribution >= 4 is 29.0 Å². The molecule has 0 unspecified atom stereocenters. The largest absolute Gasteiger partial charge is 0.500 e. The molecule has 0 fully saturated rings. The summed E-state index contributed by atoms with van der Waals surface area (Å²) in [7, 11) is 0.0637. The first kappa shape index (κ1) is 35.9. The summed E-state index contributed by atoms with van der Waals surface area (Å²) in [5.74, 6) is 0.669. The van der Waals surface area contributed by atoms with E-state index >= 15 is 0 Å². The summed E-state index contributed by atoms with van der Waals surface area (Å²) in [5, 5.41) is 3.35. The molecule has 0 heterocycles. The van der Waals surface area contributed by atoms with Crippen LogP contribution in [-0.2, 0) is 26.6 Å². The van der Waals surface area contributed by atoms with Crippen molar-refractivity contribution in [1.29, 1.82) is 0 Å². The van der Waals surface area contributed by atoms with Gasteiger partial charge in [0.05, 0.1) is 0 Å². The molecule has 1 N–H and O–H groups in total. The fraction of sp³-hybridized carbons (Fsp3) is 0.741. The van der Waals surface area contributed by atoms with Gasteiger partial charge in [0.1, 0.15) is 0 Å². The van der Waals surface area contributed by atoms with Gasteiger partial charge in [0.25, 0.3) is 0 Å². The van der Waals surface area contributed by atoms with Gasteiger partial charge in [-0.1, -0.05) is 32.0 Å². The normalized spacial score (nSPS) is 12.4. The first-order valence-corrected chi connectivity index (χ1v) is 17.5. The molecule has 216 valence electrons. The highest BCUT2D eigenvalue weighted by Crippen LogP contribution is 2.18. The molecule has 0 aliphatic heterocycles. The van der Waals surface area contributed by atoms with Gasteiger partial charge in [-0.2, -0.15) is 0 Å². The lowest BCUT2D eigenvalue weighted by Crippen LogP contribution is -2.46. The third-order valence-electron chi connectivity index (χ3n) is 5.51. The van der Waals surface area contributed by atoms with Crippen LogP contribution >= 0.6 is 0 Å². The number of para-hydroxylation sites is 1. The fourth-order valence-electron chi connectivity index (χ4n) is 3.87. The predicted octanol–water partition coefficient (Wildman–Crippen LogP) is 6.30. The van der Waals surface area contributed by atoms with E-state index in [1.54, 1.807) is 21.3 Å². The molecule has 0 aliphatic rings. The van der Waals surface area contributed by atoms with Gasteiger partial charge in [0, 0.05) is 77.7 Å². The van der Waals surface area contributed by atoms with Crippen molar-refractivity contribution in [2.75, 3.05) is 59.6 Å². The molecule has 0 bridgehead atoms. The molecule has 1 aromatic carbocycles. The zero-order chi connectivity index (χ0) is 28.0. The van der Waals surface area contributed by atoms with Crippen molar-refractivity contribution in [1.82, 2.24) is 0 Å². The fourth-order valence-corrected chi connectivity index (χ4v) is 8.19. The topological polar surface area (TPSA) is 79.8 Å². The second kappa shape index (κ2) is 21.8. The van der Waals surface area contributed by atoms with Crippen LogP contribution in [0.2, 0.25) is 12.1 Å². The first-order valence-electron chi connectivity index (χ1n) is 13.6. The number of aliphatic imine (C=N–C) groups is 1. The molecule has 0 saturated carbocycles. The third-order valence-corrected chi connectivity index (χ3v) is 11.5. The smallest absolute Gasteiger partial charge is 0.385 e. The van der Waals surface area contributed by atoms with Crippen LogP contribution in [0.25, 0.3) is 0 Å². The molecule has 0 radical (unpaired) electrons. The van der Waals surface area contributed by atoms with E-state index in [-0.39, 0.29) is 0 Å². The quantitative estimate of drug-likeness (QED) is 0.114. The molecule has 10 heteroatoms. The summed E-state index contributed by atoms with van der Waals surface area (Å²) in [6, 6.07) is 11.8. The standard InChI is InChI=1S/C15H33NO3Si.C12H21NO3Si/c1-7-17-20(18-8-2,19-9-3)12-10-11-16-15(6)13-14(4)5;1-14-17(15-2,16-3)11-7-10-13-12-8-5-4-6-9-12/h14H,7-13H2,1-6H3;4-6,8-9,13H,7,10-11H2,1-3H3. The van der Waals surface area contributed by atoms with E-state index in [1.807, 2.05) is 51.1 Å². The van der Waals surface area contributed by atoms with Gasteiger partial charge < -0.3 is 31.9 Å². The molecule has 1 aromatic rings. The third kappa shape index (κ3) is 16.5. The predicted molar refractivity (Wildman–Crippen MR) is 159 cm³/mol. The van der Waals surface area contributed by atoms with Crippen LogP contribution < -0.4 is 5.32 Å². The van der Waals surface area contributed by atoms with Crippen molar-refractivity contribution < 1.29 is 26.6 Å². The molecule has 0 amide bonds. The van der Waals surface area contributed by atoms with E-state index in [9.17, 15) is 0 Å². The minimum absolute atomic E-state index is 0.641. The van der Waals surface area contributed by atoms with E-state index < -0.39 is 17.6 Å². The number of hydrogen-bond donors (Lipinski definition) is 1. The highest BCUT2D eigenvalue weighted by atomic mass is 28.4. The molecular formula is C27H54N2O6Si2. The zero-order valence-electron chi connectivity index (χ0n) is 24.9. The number of nitrogens with zero attached hydrogens (tertiary/aromatic N) is 1. The van der Waals surface area contributed by atoms with Gasteiger partial charge in [-0.3, -0.25) is 4.99 Å². The van der Waals surface area contributed by atoms with Crippen molar-refractivity contribution in [2.24, 2.45) is 10.9 Å². The maximum Gasteiger partial charge on any atom is 0.500 e. The van der Waals surface area contributed by atoms with E-state index in [0.717, 1.165) is 50.1 Å². The summed E-state index contributed by atoms with van der Waals surface area (Å²) in [6.45, 7) is 16.2. The summed E-state index contributed by atoms with van der Waals surface area (Å²) in [6.07, 6.45) is 2.99. The Morgan fingerprint density at radius 1 is 0.811 bits per heavy atom. The zero-order valence-corrected chi connectivity index (χ0v) is 26.9. The minimum atomic E-state index is -2.47. The Labute approximate surface area is 229 Å². The molecule has 0 aromatic heterocycles. The van der Waals surface area contributed by atoms with Gasteiger partial charge in [0.2, 0.25) is 0 Å². The van der Waals surface area contributed by atoms with Crippen molar-refractivity contribution in [3.63, 3.8) is 0 Å². The molecule has 0 atom stereocenters. The van der Waals surface area contributed by atoms with Crippen molar-refractivity contribution in [3.05, 3.63) is 30.3 Å². The van der Waals surface area contributed by atoms with Gasteiger partial charge in [-0.05, 0) is 65.0 Å². The second-order valence-electron chi connectivity index (χ2n) is 8.99. The first-order chi connectivity index (χ1) is 17.8. The van der Waals surface area contributed by atoms with Crippen LogP contribution in [-0.4, -0.2) is 77.6 Å². The Kier molecular flexibility index (Phi) is 21.1. The van der Waals surface area contributed by atoms with E-state index in [2.05, 4.69) is 31.1 Å². The average Bonchev–Trinajstić information content (AvgIpc) is 2.88. The minimum Gasteiger partial charge on any atom is -0.385 e. The average molecular weight is 559 g/mol. The lowest BCUT2D eigenvalue weighted by molar-refractivity contribution is 0.0710. The Morgan fingerprint density at radius 3 is 1.78 bits per heavy atom. The van der Waals surface area contributed by atoms with Gasteiger partial charge in [-0.15, -0.1) is 0 Å². The molecule has 1 rings (SSSR count). The molecule has 0 saturated heterocycles. The summed E-state index contributed by atoms with van der Waals surface area (Å²) in [4.78, 5) is 4.62. The van der Waals surface area contributed by atoms with Gasteiger partial charge in [-0.25, -0.2) is 0 Å². The Balaban J connectivity index is 0.000000708. The Bertz CT molecular complexity index is 665. The Morgan fingerprint density at radius 2 is 1.32 bits per heavy atom. The van der Waals surface area contributed by atoms with E-state index in [0.29, 0.717) is 25.7 Å². The van der Waals surface area contributed by atoms with Crippen LogP contribution in [0.4, 0.5) is 5.69 Å². The van der Waals surface area contributed by atoms with Gasteiger partial charge >= 0.3 is 17.6 Å². The van der Waals surface area contributed by atoms with Crippen molar-refractivity contribution in [2.45, 2.75) is 72.9 Å². The van der Waals surface area contributed by atoms with Crippen LogP contribution in [0.5, 0.6) is 0 Å². The van der Waals surface area contributed by atoms with E-state index in [4.69, 9.17) is 26.6 Å². The molecule has 0 aliphatic carbocycles. The summed E-state index contributed by atoms with van der Waals surface area (Å²) in [5.41, 5.74) is 2.36. The van der Waals surface area contributed by atoms with Crippen LogP contribution in [0, 0.1) is 5.92 Å². The molecule has 37 heavy (non-hydrogen) atoms. The number of rotatable bonds is 20. The SMILES string of the molecule is CCO[Si](CCCN=C(C)CC(C)C)(OCC)OCC.CO[Si](CCCNc1ccccc1)(OC)OC. The van der Waals surface area contributed by atoms with Crippen LogP contribution in [0.1, 0.15) is 60.8 Å². The van der Waals surface area contributed by atoms with Crippen LogP contribution in [0.15, 0.2) is 35.3 Å². The molecule has 8 nitrogen and oxygen atoms in total. The number of hydrogen-bond acceptors (Lipinski definition) is 8. The highest BCUT2D eigenvalue weighted by Gasteiger charge is 2.39.